The number of aliphatic hydroxyl groups excluding tert-OH is 1. The van der Waals surface area contributed by atoms with Crippen molar-refractivity contribution in [2.75, 3.05) is 20.8 Å². The van der Waals surface area contributed by atoms with Gasteiger partial charge in [0.1, 0.15) is 18.3 Å². The third-order valence-electron chi connectivity index (χ3n) is 5.59. The number of unbranched alkanes of at least 4 members (excludes halogenated alkanes) is 5. The molecule has 1 heterocycles. The van der Waals surface area contributed by atoms with Gasteiger partial charge in [0.2, 0.25) is 0 Å². The second kappa shape index (κ2) is 14.5. The van der Waals surface area contributed by atoms with Crippen molar-refractivity contribution >= 4 is 5.97 Å². The van der Waals surface area contributed by atoms with Crippen LogP contribution in [0.3, 0.4) is 0 Å². The van der Waals surface area contributed by atoms with E-state index in [0.29, 0.717) is 19.6 Å². The Labute approximate surface area is 186 Å². The minimum atomic E-state index is -0.916. The minimum Gasteiger partial charge on any atom is -0.469 e. The van der Waals surface area contributed by atoms with Crippen molar-refractivity contribution in [2.45, 2.75) is 89.2 Å². The lowest BCUT2D eigenvalue weighted by molar-refractivity contribution is -0.305. The first-order chi connectivity index (χ1) is 15.1. The van der Waals surface area contributed by atoms with E-state index in [4.69, 9.17) is 18.9 Å². The Morgan fingerprint density at radius 1 is 0.968 bits per heavy atom. The van der Waals surface area contributed by atoms with E-state index in [2.05, 4.69) is 4.74 Å². The minimum absolute atomic E-state index is 0.143. The molecule has 31 heavy (non-hydrogen) atoms. The molecule has 0 bridgehead atoms. The molecule has 1 N–H and O–H groups in total. The maximum absolute atomic E-state index is 11.1. The Morgan fingerprint density at radius 3 is 2.32 bits per heavy atom. The van der Waals surface area contributed by atoms with Crippen molar-refractivity contribution < 1.29 is 33.6 Å². The molecule has 0 aromatic heterocycles. The zero-order chi connectivity index (χ0) is 22.5. The van der Waals surface area contributed by atoms with E-state index in [1.54, 1.807) is 7.11 Å². The van der Waals surface area contributed by atoms with Gasteiger partial charge in [0.15, 0.2) is 6.29 Å². The zero-order valence-electron chi connectivity index (χ0n) is 19.0. The summed E-state index contributed by atoms with van der Waals surface area (Å²) in [4.78, 5) is 11.1. The van der Waals surface area contributed by atoms with E-state index in [-0.39, 0.29) is 18.2 Å². The number of aliphatic hydroxyl groups is 1. The van der Waals surface area contributed by atoms with Gasteiger partial charge in [0.25, 0.3) is 0 Å². The topological polar surface area (TPSA) is 83.5 Å². The molecule has 0 amide bonds. The fraction of sp³-hybridized carbons (Fsp3) is 0.708. The van der Waals surface area contributed by atoms with Crippen molar-refractivity contribution in [3.05, 3.63) is 35.9 Å². The molecule has 1 aromatic rings. The molecule has 176 valence electrons. The van der Waals surface area contributed by atoms with Crippen molar-refractivity contribution in [1.29, 1.82) is 0 Å². The van der Waals surface area contributed by atoms with Crippen LogP contribution in [0.2, 0.25) is 0 Å². The molecule has 0 spiro atoms. The monoisotopic (exact) mass is 438 g/mol. The Hall–Kier alpha value is -1.51. The molecule has 7 heteroatoms. The highest BCUT2D eigenvalue weighted by atomic mass is 16.7. The van der Waals surface area contributed by atoms with E-state index in [9.17, 15) is 9.90 Å². The van der Waals surface area contributed by atoms with Crippen LogP contribution in [0.15, 0.2) is 30.3 Å². The van der Waals surface area contributed by atoms with Gasteiger partial charge in [-0.3, -0.25) is 4.79 Å². The molecule has 1 aromatic carbocycles. The van der Waals surface area contributed by atoms with Gasteiger partial charge >= 0.3 is 5.97 Å². The quantitative estimate of drug-likeness (QED) is 0.351. The summed E-state index contributed by atoms with van der Waals surface area (Å²) >= 11 is 0. The van der Waals surface area contributed by atoms with Crippen LogP contribution in [0.4, 0.5) is 0 Å². The summed E-state index contributed by atoms with van der Waals surface area (Å²) in [7, 11) is 2.99. The molecule has 1 fully saturated rings. The highest BCUT2D eigenvalue weighted by Gasteiger charge is 2.45. The van der Waals surface area contributed by atoms with E-state index in [1.807, 2.05) is 37.3 Å². The lowest BCUT2D eigenvalue weighted by Crippen LogP contribution is -2.58. The Balaban J connectivity index is 1.65. The predicted molar refractivity (Wildman–Crippen MR) is 116 cm³/mol. The van der Waals surface area contributed by atoms with Gasteiger partial charge in [0.05, 0.1) is 19.8 Å². The summed E-state index contributed by atoms with van der Waals surface area (Å²) in [5.41, 5.74) is 1.06. The summed E-state index contributed by atoms with van der Waals surface area (Å²) in [6, 6.07) is 9.89. The van der Waals surface area contributed by atoms with E-state index in [1.165, 1.54) is 7.11 Å². The van der Waals surface area contributed by atoms with Crippen molar-refractivity contribution in [3.8, 4) is 0 Å². The van der Waals surface area contributed by atoms with Gasteiger partial charge in [-0.05, 0) is 25.3 Å². The molecule has 5 atom stereocenters. The van der Waals surface area contributed by atoms with Gasteiger partial charge in [-0.25, -0.2) is 0 Å². The van der Waals surface area contributed by atoms with Gasteiger partial charge in [-0.15, -0.1) is 0 Å². The molecular weight excluding hydrogens is 400 g/mol. The van der Waals surface area contributed by atoms with Crippen LogP contribution >= 0.6 is 0 Å². The highest BCUT2D eigenvalue weighted by molar-refractivity contribution is 5.68. The number of hydrogen-bond acceptors (Lipinski definition) is 7. The summed E-state index contributed by atoms with van der Waals surface area (Å²) in [6.07, 6.45) is 3.68. The van der Waals surface area contributed by atoms with E-state index >= 15 is 0 Å². The van der Waals surface area contributed by atoms with Crippen molar-refractivity contribution in [1.82, 2.24) is 0 Å². The molecular formula is C24H38O7. The second-order valence-electron chi connectivity index (χ2n) is 7.98. The van der Waals surface area contributed by atoms with Crippen molar-refractivity contribution in [2.24, 2.45) is 0 Å². The predicted octanol–water partition coefficient (Wildman–Crippen LogP) is 3.61. The average molecular weight is 439 g/mol. The molecule has 0 aliphatic carbocycles. The number of carbonyl (C=O) groups is 1. The Morgan fingerprint density at radius 2 is 1.65 bits per heavy atom. The highest BCUT2D eigenvalue weighted by Crippen LogP contribution is 2.27. The summed E-state index contributed by atoms with van der Waals surface area (Å²) in [5, 5.41) is 10.7. The summed E-state index contributed by atoms with van der Waals surface area (Å²) in [5.74, 6) is -0.143. The van der Waals surface area contributed by atoms with Gasteiger partial charge in [0, 0.05) is 20.1 Å². The number of methoxy groups -OCH3 is 2. The number of ether oxygens (including phenoxy) is 5. The number of esters is 1. The van der Waals surface area contributed by atoms with E-state index < -0.39 is 18.5 Å². The maximum atomic E-state index is 11.1. The second-order valence-corrected chi connectivity index (χ2v) is 7.98. The molecule has 0 radical (unpaired) electrons. The van der Waals surface area contributed by atoms with Gasteiger partial charge in [-0.1, -0.05) is 56.0 Å². The average Bonchev–Trinajstić information content (AvgIpc) is 2.79. The zero-order valence-corrected chi connectivity index (χ0v) is 19.0. The van der Waals surface area contributed by atoms with Gasteiger partial charge in [-0.2, -0.15) is 0 Å². The van der Waals surface area contributed by atoms with Crippen LogP contribution in [-0.4, -0.2) is 62.6 Å². The van der Waals surface area contributed by atoms with Crippen LogP contribution in [0, 0.1) is 0 Å². The summed E-state index contributed by atoms with van der Waals surface area (Å²) < 4.78 is 27.9. The standard InChI is InChI=1S/C24H38O7/c1-18-22(30-17-19-13-9-8-10-14-19)23(28-3)21(26)24(31-18)29-16-12-7-5-4-6-11-15-20(25)27-2/h8-10,13-14,18,21-24,26H,4-7,11-12,15-17H2,1-3H3/t18-,21+,22-,23-,24+/m0/s1. The molecule has 7 nitrogen and oxygen atoms in total. The Bertz CT molecular complexity index is 609. The smallest absolute Gasteiger partial charge is 0.305 e. The van der Waals surface area contributed by atoms with Gasteiger partial charge < -0.3 is 28.8 Å². The first kappa shape index (κ1) is 25.7. The SMILES string of the molecule is COC(=O)CCCCCCCCO[C@@H]1O[C@@H](C)[C@H](OCc2ccccc2)[C@@H](OC)[C@H]1O. The number of rotatable bonds is 14. The first-order valence-electron chi connectivity index (χ1n) is 11.3. The fourth-order valence-electron chi connectivity index (χ4n) is 3.77. The number of carbonyl (C=O) groups excluding carboxylic acids is 1. The lowest BCUT2D eigenvalue weighted by atomic mass is 9.99. The van der Waals surface area contributed by atoms with Crippen LogP contribution in [-0.2, 0) is 35.1 Å². The molecule has 0 saturated carbocycles. The third kappa shape index (κ3) is 8.86. The molecule has 0 unspecified atom stereocenters. The summed E-state index contributed by atoms with van der Waals surface area (Å²) in [6.45, 7) is 2.86. The fourth-order valence-corrected chi connectivity index (χ4v) is 3.77. The number of benzene rings is 1. The molecule has 1 aliphatic heterocycles. The van der Waals surface area contributed by atoms with Crippen molar-refractivity contribution in [3.63, 3.8) is 0 Å². The maximum Gasteiger partial charge on any atom is 0.305 e. The normalized spacial score (nSPS) is 26.0. The first-order valence-corrected chi connectivity index (χ1v) is 11.3. The molecule has 1 aliphatic rings. The Kier molecular flexibility index (Phi) is 12.1. The third-order valence-corrected chi connectivity index (χ3v) is 5.59. The van der Waals surface area contributed by atoms with Crippen LogP contribution in [0.5, 0.6) is 0 Å². The van der Waals surface area contributed by atoms with E-state index in [0.717, 1.165) is 44.1 Å². The van der Waals surface area contributed by atoms with Crippen LogP contribution in [0.25, 0.3) is 0 Å². The molecule has 2 rings (SSSR count). The number of hydrogen-bond donors (Lipinski definition) is 1. The molecule has 1 saturated heterocycles. The van der Waals surface area contributed by atoms with Crippen LogP contribution in [0.1, 0.15) is 57.4 Å². The van der Waals surface area contributed by atoms with Crippen LogP contribution < -0.4 is 0 Å². The lowest BCUT2D eigenvalue weighted by Gasteiger charge is -2.42. The largest absolute Gasteiger partial charge is 0.469 e.